The number of nitrogens with zero attached hydrogens (tertiary/aromatic N) is 6. The van der Waals surface area contributed by atoms with E-state index < -0.39 is 11.3 Å². The second-order valence-electron chi connectivity index (χ2n) is 10.6. The molecule has 8 heteroatoms. The van der Waals surface area contributed by atoms with Crippen molar-refractivity contribution in [2.24, 2.45) is 20.0 Å². The Morgan fingerprint density at radius 1 is 0.405 bits per heavy atom. The van der Waals surface area contributed by atoms with Gasteiger partial charge in [-0.2, -0.15) is 0 Å². The van der Waals surface area contributed by atoms with Crippen molar-refractivity contribution in [1.82, 2.24) is 19.9 Å². The molecule has 2 aliphatic heterocycles. The maximum Gasteiger partial charge on any atom is 0.234 e. The zero-order valence-electron chi connectivity index (χ0n) is 22.2. The van der Waals surface area contributed by atoms with Gasteiger partial charge in [-0.25, -0.2) is 29.9 Å². The zero-order valence-corrected chi connectivity index (χ0v) is 22.2. The number of hydrogen-bond acceptors (Lipinski definition) is 6. The van der Waals surface area contributed by atoms with Crippen molar-refractivity contribution in [3.05, 3.63) is 166 Å². The van der Waals surface area contributed by atoms with Crippen LogP contribution in [0, 0.1) is 0 Å². The molecule has 5 aromatic carbocycles. The van der Waals surface area contributed by atoms with Crippen LogP contribution >= 0.6 is 0 Å². The van der Waals surface area contributed by atoms with Gasteiger partial charge >= 0.3 is 0 Å². The Bertz CT molecular complexity index is 2150. The fourth-order valence-corrected chi connectivity index (χ4v) is 5.99. The van der Waals surface area contributed by atoms with E-state index in [9.17, 15) is 0 Å². The summed E-state index contributed by atoms with van der Waals surface area (Å²) in [6, 6.07) is 40.0. The molecule has 0 unspecified atom stereocenters. The van der Waals surface area contributed by atoms with Crippen LogP contribution in [-0.4, -0.2) is 19.9 Å². The van der Waals surface area contributed by atoms with E-state index in [-0.39, 0.29) is 0 Å². The van der Waals surface area contributed by atoms with Gasteiger partial charge in [-0.1, -0.05) is 66.7 Å². The molecule has 9 rings (SSSR count). The molecule has 0 fully saturated rings. The molecule has 0 radical (unpaired) electrons. The van der Waals surface area contributed by atoms with E-state index in [1.165, 1.54) is 0 Å². The highest BCUT2D eigenvalue weighted by Gasteiger charge is 2.43. The van der Waals surface area contributed by atoms with Crippen LogP contribution in [0.2, 0.25) is 0 Å². The van der Waals surface area contributed by atoms with E-state index >= 15 is 0 Å². The lowest BCUT2D eigenvalue weighted by molar-refractivity contribution is 0.519. The Kier molecular flexibility index (Phi) is 4.58. The van der Waals surface area contributed by atoms with Gasteiger partial charge < -0.3 is 9.97 Å². The van der Waals surface area contributed by atoms with Crippen molar-refractivity contribution in [3.63, 3.8) is 0 Å². The summed E-state index contributed by atoms with van der Waals surface area (Å²) in [5.41, 5.74) is 3.06. The van der Waals surface area contributed by atoms with E-state index in [0.29, 0.717) is 11.6 Å². The summed E-state index contributed by atoms with van der Waals surface area (Å²) in [6.07, 6.45) is 0. The number of hydrogen-bond donors (Lipinski definition) is 2. The van der Waals surface area contributed by atoms with Crippen LogP contribution in [0.5, 0.6) is 0 Å². The van der Waals surface area contributed by atoms with Gasteiger partial charge in [-0.05, 0) is 54.6 Å². The monoisotopic (exact) mass is 542 g/mol. The number of fused-ring (bicyclic) bond motifs is 4. The van der Waals surface area contributed by atoms with Gasteiger partial charge in [-0.15, -0.1) is 0 Å². The van der Waals surface area contributed by atoms with Crippen LogP contribution in [-0.2, 0) is 11.3 Å². The average Bonchev–Trinajstić information content (AvgIpc) is 3.83. The summed E-state index contributed by atoms with van der Waals surface area (Å²) in [4.78, 5) is 37.8. The number of benzene rings is 5. The molecule has 4 heterocycles. The van der Waals surface area contributed by atoms with Crippen LogP contribution in [0.4, 0.5) is 0 Å². The quantitative estimate of drug-likeness (QED) is 0.354. The van der Waals surface area contributed by atoms with Crippen LogP contribution in [0.25, 0.3) is 22.1 Å². The van der Waals surface area contributed by atoms with Gasteiger partial charge in [0.25, 0.3) is 0 Å². The van der Waals surface area contributed by atoms with Crippen molar-refractivity contribution in [1.29, 1.82) is 0 Å². The molecule has 0 bridgehead atoms. The highest BCUT2D eigenvalue weighted by molar-refractivity contribution is 5.76. The van der Waals surface area contributed by atoms with E-state index in [1.54, 1.807) is 0 Å². The second kappa shape index (κ2) is 8.37. The van der Waals surface area contributed by atoms with Gasteiger partial charge in [0.05, 0.1) is 43.5 Å². The summed E-state index contributed by atoms with van der Waals surface area (Å²) < 4.78 is 0. The molecule has 0 amide bonds. The lowest BCUT2D eigenvalue weighted by Crippen LogP contribution is -2.27. The molecular weight excluding hydrogens is 520 g/mol. The molecule has 8 nitrogen and oxygen atoms in total. The third kappa shape index (κ3) is 3.23. The van der Waals surface area contributed by atoms with E-state index in [4.69, 9.17) is 29.9 Å². The molecule has 0 atom stereocenters. The predicted molar refractivity (Wildman–Crippen MR) is 158 cm³/mol. The summed E-state index contributed by atoms with van der Waals surface area (Å²) in [6.45, 7) is 0. The topological polar surface area (TPSA) is 107 Å². The second-order valence-corrected chi connectivity index (χ2v) is 10.6. The number of aromatic nitrogens is 4. The van der Waals surface area contributed by atoms with Crippen LogP contribution in [0.15, 0.2) is 141 Å². The molecular formula is C34H22N8. The first-order valence-corrected chi connectivity index (χ1v) is 13.8. The Morgan fingerprint density at radius 2 is 0.786 bits per heavy atom. The number of nitrogens with one attached hydrogen (secondary N) is 2. The van der Waals surface area contributed by atoms with Crippen molar-refractivity contribution in [3.8, 4) is 0 Å². The maximum absolute atomic E-state index is 5.21. The van der Waals surface area contributed by atoms with E-state index in [1.807, 2.05) is 115 Å². The lowest BCUT2D eigenvalue weighted by atomic mass is 9.92. The summed E-state index contributed by atoms with van der Waals surface area (Å²) >= 11 is 0. The predicted octanol–water partition coefficient (Wildman–Crippen LogP) is 3.75. The minimum absolute atomic E-state index is 0.651. The van der Waals surface area contributed by atoms with Crippen LogP contribution in [0.3, 0.4) is 0 Å². The molecule has 42 heavy (non-hydrogen) atoms. The normalized spacial score (nSPS) is 15.8. The molecule has 198 valence electrons. The van der Waals surface area contributed by atoms with Gasteiger partial charge in [0.1, 0.15) is 0 Å². The van der Waals surface area contributed by atoms with Gasteiger partial charge in [0.15, 0.2) is 11.6 Å². The maximum atomic E-state index is 5.21. The first-order chi connectivity index (χ1) is 20.7. The van der Waals surface area contributed by atoms with Crippen LogP contribution < -0.4 is 21.4 Å². The van der Waals surface area contributed by atoms with Crippen molar-refractivity contribution >= 4 is 22.1 Å². The van der Waals surface area contributed by atoms with Gasteiger partial charge in [-0.3, -0.25) is 0 Å². The molecule has 7 aromatic rings. The lowest BCUT2D eigenvalue weighted by Gasteiger charge is -2.26. The Balaban J connectivity index is 1.31. The summed E-state index contributed by atoms with van der Waals surface area (Å²) in [7, 11) is 0. The summed E-state index contributed by atoms with van der Waals surface area (Å²) in [5.74, 6) is 1.30. The number of rotatable bonds is 4. The summed E-state index contributed by atoms with van der Waals surface area (Å²) in [5, 5.41) is 3.27. The van der Waals surface area contributed by atoms with Crippen molar-refractivity contribution < 1.29 is 0 Å². The first kappa shape index (κ1) is 23.0. The highest BCUT2D eigenvalue weighted by atomic mass is 15.2. The minimum Gasteiger partial charge on any atom is -0.338 e. The van der Waals surface area contributed by atoms with Crippen LogP contribution in [0.1, 0.15) is 22.8 Å². The standard InChI is InChI=1S/C34H22N8/c1-2-13-24-23(12-1)35-31(36-24)33(39-27-16-5-6-17-28(27)40-33)21-10-9-11-22(20-21)34(41-29-18-7-8-19-30(29)42-34)32-37-25-14-3-4-15-26(25)38-32/h1-20H,(H,35,36)(H,37,38). The van der Waals surface area contributed by atoms with E-state index in [0.717, 1.165) is 54.6 Å². The van der Waals surface area contributed by atoms with E-state index in [2.05, 4.69) is 16.0 Å². The number of H-pyrrole nitrogens is 2. The number of para-hydroxylation sites is 8. The van der Waals surface area contributed by atoms with Crippen molar-refractivity contribution in [2.75, 3.05) is 0 Å². The Morgan fingerprint density at radius 3 is 1.19 bits per heavy atom. The first-order valence-electron chi connectivity index (χ1n) is 13.8. The molecule has 0 aliphatic carbocycles. The third-order valence-corrected chi connectivity index (χ3v) is 8.00. The third-order valence-electron chi connectivity index (χ3n) is 8.00. The van der Waals surface area contributed by atoms with Gasteiger partial charge in [0.2, 0.25) is 11.3 Å². The van der Waals surface area contributed by atoms with Gasteiger partial charge in [0, 0.05) is 11.1 Å². The minimum atomic E-state index is -1.11. The number of imidazole rings is 2. The molecule has 2 aromatic heterocycles. The molecule has 0 spiro atoms. The average molecular weight is 543 g/mol. The fraction of sp³-hybridized carbons (Fsp3) is 0.0588. The smallest absolute Gasteiger partial charge is 0.234 e. The molecule has 0 saturated carbocycles. The number of aromatic amines is 2. The largest absolute Gasteiger partial charge is 0.338 e. The molecule has 2 N–H and O–H groups in total. The SMILES string of the molecule is c1cc(C2(c3nc4ccccc4[nH]3)N=c3ccccc3=N2)cc(C2(c3nc4ccccc4[nH]3)N=c3ccccc3=N2)c1. The fourth-order valence-electron chi connectivity index (χ4n) is 5.99. The Hall–Kier alpha value is -5.76. The highest BCUT2D eigenvalue weighted by Crippen LogP contribution is 2.40. The zero-order chi connectivity index (χ0) is 27.7. The Labute approximate surface area is 238 Å². The van der Waals surface area contributed by atoms with Crippen molar-refractivity contribution in [2.45, 2.75) is 11.3 Å². The molecule has 2 aliphatic rings. The molecule has 0 saturated heterocycles.